The molecule has 3 heterocycles. The largest absolute Gasteiger partial charge is 0.338 e. The third-order valence-corrected chi connectivity index (χ3v) is 4.64. The smallest absolute Gasteiger partial charge is 0.253 e. The number of piperidine rings is 1. The third kappa shape index (κ3) is 3.45. The van der Waals surface area contributed by atoms with Crippen molar-refractivity contribution in [3.63, 3.8) is 0 Å². The Balaban J connectivity index is 1.36. The van der Waals surface area contributed by atoms with Crippen LogP contribution in [0.25, 0.3) is 0 Å². The standard InChI is InChI=1S/C18H20N6O/c25-18(23-10-5-17(6-11-23)24-20-7-8-21-24)16-3-1-15(2-4-16)13-22-12-9-19-14-22/h1-4,7-9,12,14,17H,5-6,10-11,13H2. The average Bonchev–Trinajstić information content (AvgIpc) is 3.36. The summed E-state index contributed by atoms with van der Waals surface area (Å²) in [6, 6.07) is 8.13. The van der Waals surface area contributed by atoms with Crippen molar-refractivity contribution < 1.29 is 4.79 Å². The zero-order valence-electron chi connectivity index (χ0n) is 13.9. The summed E-state index contributed by atoms with van der Waals surface area (Å²) in [5.41, 5.74) is 1.89. The van der Waals surface area contributed by atoms with E-state index < -0.39 is 0 Å². The van der Waals surface area contributed by atoms with Gasteiger partial charge >= 0.3 is 0 Å². The molecule has 0 spiro atoms. The molecule has 0 N–H and O–H groups in total. The second kappa shape index (κ2) is 6.88. The van der Waals surface area contributed by atoms with E-state index in [1.807, 2.05) is 39.9 Å². The third-order valence-electron chi connectivity index (χ3n) is 4.64. The van der Waals surface area contributed by atoms with E-state index in [0.29, 0.717) is 0 Å². The van der Waals surface area contributed by atoms with Crippen molar-refractivity contribution in [3.8, 4) is 0 Å². The molecule has 7 nitrogen and oxygen atoms in total. The molecule has 0 saturated carbocycles. The minimum atomic E-state index is 0.0982. The Kier molecular flexibility index (Phi) is 4.28. The predicted molar refractivity (Wildman–Crippen MR) is 92.0 cm³/mol. The molecule has 1 amide bonds. The predicted octanol–water partition coefficient (Wildman–Crippen LogP) is 2.00. The second-order valence-electron chi connectivity index (χ2n) is 6.30. The summed E-state index contributed by atoms with van der Waals surface area (Å²) in [6.07, 6.45) is 10.7. The number of rotatable bonds is 4. The lowest BCUT2D eigenvalue weighted by atomic mass is 10.0. The van der Waals surface area contributed by atoms with E-state index in [-0.39, 0.29) is 11.9 Å². The van der Waals surface area contributed by atoms with Crippen LogP contribution in [0.3, 0.4) is 0 Å². The van der Waals surface area contributed by atoms with Crippen LogP contribution in [0.2, 0.25) is 0 Å². The number of nitrogens with zero attached hydrogens (tertiary/aromatic N) is 6. The van der Waals surface area contributed by atoms with E-state index in [2.05, 4.69) is 15.2 Å². The summed E-state index contributed by atoms with van der Waals surface area (Å²) in [5, 5.41) is 8.41. The Morgan fingerprint density at radius 1 is 1.04 bits per heavy atom. The number of benzene rings is 1. The van der Waals surface area contributed by atoms with E-state index >= 15 is 0 Å². The number of hydrogen-bond donors (Lipinski definition) is 0. The molecule has 4 rings (SSSR count). The van der Waals surface area contributed by atoms with Gasteiger partial charge in [-0.1, -0.05) is 12.1 Å². The topological polar surface area (TPSA) is 68.8 Å². The van der Waals surface area contributed by atoms with Gasteiger partial charge in [-0.15, -0.1) is 0 Å². The number of carbonyl (C=O) groups is 1. The summed E-state index contributed by atoms with van der Waals surface area (Å²) in [5.74, 6) is 0.0982. The molecule has 1 aromatic carbocycles. The van der Waals surface area contributed by atoms with Crippen molar-refractivity contribution in [3.05, 3.63) is 66.5 Å². The maximum atomic E-state index is 12.7. The summed E-state index contributed by atoms with van der Waals surface area (Å²) in [6.45, 7) is 2.24. The first-order chi connectivity index (χ1) is 12.3. The van der Waals surface area contributed by atoms with Gasteiger partial charge in [0.2, 0.25) is 0 Å². The monoisotopic (exact) mass is 336 g/mol. The fraction of sp³-hybridized carbons (Fsp3) is 0.333. The van der Waals surface area contributed by atoms with Crippen LogP contribution >= 0.6 is 0 Å². The molecular weight excluding hydrogens is 316 g/mol. The molecule has 1 saturated heterocycles. The Hall–Kier alpha value is -2.96. The fourth-order valence-corrected chi connectivity index (χ4v) is 3.24. The molecule has 25 heavy (non-hydrogen) atoms. The quantitative estimate of drug-likeness (QED) is 0.731. The van der Waals surface area contributed by atoms with E-state index in [9.17, 15) is 4.79 Å². The van der Waals surface area contributed by atoms with Crippen LogP contribution in [0.4, 0.5) is 0 Å². The minimum absolute atomic E-state index is 0.0982. The van der Waals surface area contributed by atoms with Crippen molar-refractivity contribution in [2.24, 2.45) is 0 Å². The van der Waals surface area contributed by atoms with Gasteiger partial charge in [-0.25, -0.2) is 4.98 Å². The SMILES string of the molecule is O=C(c1ccc(Cn2ccnc2)cc1)N1CCC(n2nccn2)CC1. The van der Waals surface area contributed by atoms with E-state index in [1.165, 1.54) is 0 Å². The summed E-state index contributed by atoms with van der Waals surface area (Å²) < 4.78 is 2.00. The van der Waals surface area contributed by atoms with Crippen LogP contribution in [0.1, 0.15) is 34.8 Å². The van der Waals surface area contributed by atoms with Crippen LogP contribution in [0, 0.1) is 0 Å². The van der Waals surface area contributed by atoms with Gasteiger partial charge in [0.15, 0.2) is 0 Å². The first-order valence-corrected chi connectivity index (χ1v) is 8.49. The lowest BCUT2D eigenvalue weighted by molar-refractivity contribution is 0.0684. The van der Waals surface area contributed by atoms with Crippen LogP contribution in [0.5, 0.6) is 0 Å². The molecule has 0 unspecified atom stereocenters. The number of imidazole rings is 1. The van der Waals surface area contributed by atoms with Gasteiger partial charge in [0.25, 0.3) is 5.91 Å². The Morgan fingerprint density at radius 2 is 1.76 bits per heavy atom. The molecule has 0 radical (unpaired) electrons. The maximum absolute atomic E-state index is 12.7. The Labute approximate surface area is 145 Å². The molecule has 7 heteroatoms. The molecule has 1 aliphatic rings. The molecule has 0 atom stereocenters. The molecule has 128 valence electrons. The van der Waals surface area contributed by atoms with Gasteiger partial charge < -0.3 is 9.47 Å². The molecular formula is C18H20N6O. The summed E-state index contributed by atoms with van der Waals surface area (Å²) in [4.78, 5) is 20.4. The zero-order valence-corrected chi connectivity index (χ0v) is 13.9. The molecule has 1 aliphatic heterocycles. The van der Waals surface area contributed by atoms with Gasteiger partial charge in [-0.2, -0.15) is 15.0 Å². The first-order valence-electron chi connectivity index (χ1n) is 8.49. The number of aromatic nitrogens is 5. The highest BCUT2D eigenvalue weighted by atomic mass is 16.2. The maximum Gasteiger partial charge on any atom is 0.253 e. The molecule has 0 aliphatic carbocycles. The fourth-order valence-electron chi connectivity index (χ4n) is 3.24. The van der Waals surface area contributed by atoms with Crippen molar-refractivity contribution in [2.75, 3.05) is 13.1 Å². The second-order valence-corrected chi connectivity index (χ2v) is 6.30. The molecule has 0 bridgehead atoms. The highest BCUT2D eigenvalue weighted by molar-refractivity contribution is 5.94. The average molecular weight is 336 g/mol. The lowest BCUT2D eigenvalue weighted by Gasteiger charge is -2.31. The number of likely N-dealkylation sites (tertiary alicyclic amines) is 1. The van der Waals surface area contributed by atoms with Gasteiger partial charge in [-0.3, -0.25) is 4.79 Å². The van der Waals surface area contributed by atoms with Crippen LogP contribution in [-0.4, -0.2) is 48.4 Å². The van der Waals surface area contributed by atoms with Crippen LogP contribution < -0.4 is 0 Å². The highest BCUT2D eigenvalue weighted by Gasteiger charge is 2.25. The minimum Gasteiger partial charge on any atom is -0.338 e. The van der Waals surface area contributed by atoms with E-state index in [1.54, 1.807) is 29.7 Å². The summed E-state index contributed by atoms with van der Waals surface area (Å²) >= 11 is 0. The molecule has 3 aromatic rings. The van der Waals surface area contributed by atoms with Crippen molar-refractivity contribution in [2.45, 2.75) is 25.4 Å². The lowest BCUT2D eigenvalue weighted by Crippen LogP contribution is -2.39. The van der Waals surface area contributed by atoms with Crippen LogP contribution in [0.15, 0.2) is 55.4 Å². The van der Waals surface area contributed by atoms with E-state index in [0.717, 1.165) is 43.6 Å². The van der Waals surface area contributed by atoms with Gasteiger partial charge in [-0.05, 0) is 30.5 Å². The van der Waals surface area contributed by atoms with Gasteiger partial charge in [0, 0.05) is 37.6 Å². The number of hydrogen-bond acceptors (Lipinski definition) is 4. The van der Waals surface area contributed by atoms with Gasteiger partial charge in [0.05, 0.1) is 24.8 Å². The molecule has 1 fully saturated rings. The summed E-state index contributed by atoms with van der Waals surface area (Å²) in [7, 11) is 0. The Morgan fingerprint density at radius 3 is 2.40 bits per heavy atom. The van der Waals surface area contributed by atoms with Crippen LogP contribution in [-0.2, 0) is 6.54 Å². The number of carbonyl (C=O) groups excluding carboxylic acids is 1. The van der Waals surface area contributed by atoms with Crippen molar-refractivity contribution in [1.29, 1.82) is 0 Å². The highest BCUT2D eigenvalue weighted by Crippen LogP contribution is 2.22. The zero-order chi connectivity index (χ0) is 17.1. The van der Waals surface area contributed by atoms with Crippen molar-refractivity contribution >= 4 is 5.91 Å². The Bertz CT molecular complexity index is 802. The normalized spacial score (nSPS) is 15.4. The number of amides is 1. The molecule has 2 aromatic heterocycles. The van der Waals surface area contributed by atoms with E-state index in [4.69, 9.17) is 0 Å². The van der Waals surface area contributed by atoms with Gasteiger partial charge in [0.1, 0.15) is 0 Å². The van der Waals surface area contributed by atoms with Crippen molar-refractivity contribution in [1.82, 2.24) is 29.4 Å². The first kappa shape index (κ1) is 15.6.